The van der Waals surface area contributed by atoms with Crippen LogP contribution in [0.4, 0.5) is 0 Å². The van der Waals surface area contributed by atoms with E-state index in [0.717, 1.165) is 0 Å². The first kappa shape index (κ1) is 14.3. The molecule has 1 amide bonds. The maximum Gasteiger partial charge on any atom is 0.217 e. The third kappa shape index (κ3) is 3.62. The Morgan fingerprint density at radius 1 is 1.53 bits per heavy atom. The van der Waals surface area contributed by atoms with Crippen LogP contribution in [-0.2, 0) is 9.53 Å². The van der Waals surface area contributed by atoms with Crippen molar-refractivity contribution in [2.75, 3.05) is 13.2 Å². The van der Waals surface area contributed by atoms with Gasteiger partial charge in [0.1, 0.15) is 18.3 Å². The van der Waals surface area contributed by atoms with Gasteiger partial charge in [-0.25, -0.2) is 0 Å². The minimum Gasteiger partial charge on any atom is -0.394 e. The number of hydrogen-bond donors (Lipinski definition) is 5. The van der Waals surface area contributed by atoms with E-state index in [2.05, 4.69) is 5.32 Å². The van der Waals surface area contributed by atoms with Crippen LogP contribution < -0.4 is 5.32 Å². The maximum atomic E-state index is 11.0. The van der Waals surface area contributed by atoms with Crippen LogP contribution in [0.3, 0.4) is 0 Å². The molecule has 1 heterocycles. The van der Waals surface area contributed by atoms with Crippen molar-refractivity contribution in [3.05, 3.63) is 0 Å². The van der Waals surface area contributed by atoms with Crippen molar-refractivity contribution in [1.82, 2.24) is 5.32 Å². The smallest absolute Gasteiger partial charge is 0.217 e. The highest BCUT2D eigenvalue weighted by Gasteiger charge is 2.40. The lowest BCUT2D eigenvalue weighted by atomic mass is 9.93. The number of aliphatic hydroxyl groups excluding tert-OH is 4. The van der Waals surface area contributed by atoms with Gasteiger partial charge in [0.15, 0.2) is 0 Å². The molecule has 1 aliphatic rings. The summed E-state index contributed by atoms with van der Waals surface area (Å²) >= 11 is 0. The van der Waals surface area contributed by atoms with Crippen molar-refractivity contribution in [2.24, 2.45) is 0 Å². The number of aliphatic hydroxyl groups is 4. The molecule has 1 aliphatic heterocycles. The second kappa shape index (κ2) is 6.27. The molecular formula is C10H19NO6. The summed E-state index contributed by atoms with van der Waals surface area (Å²) in [6.45, 7) is 0.883. The molecule has 1 rings (SSSR count). The molecule has 1 saturated heterocycles. The number of carbonyl (C=O) groups is 1. The van der Waals surface area contributed by atoms with Crippen LogP contribution in [0.1, 0.15) is 13.3 Å². The fourth-order valence-electron chi connectivity index (χ4n) is 1.88. The molecule has 0 radical (unpaired) electrons. The van der Waals surface area contributed by atoms with Crippen molar-refractivity contribution in [3.8, 4) is 0 Å². The van der Waals surface area contributed by atoms with Crippen LogP contribution in [0.2, 0.25) is 0 Å². The molecule has 5 N–H and O–H groups in total. The molecule has 0 aromatic rings. The largest absolute Gasteiger partial charge is 0.394 e. The van der Waals surface area contributed by atoms with Gasteiger partial charge in [0.25, 0.3) is 0 Å². The lowest BCUT2D eigenvalue weighted by molar-refractivity contribution is -0.156. The van der Waals surface area contributed by atoms with Crippen molar-refractivity contribution >= 4 is 5.91 Å². The zero-order valence-electron chi connectivity index (χ0n) is 9.61. The molecule has 0 aromatic heterocycles. The molecular weight excluding hydrogens is 230 g/mol. The van der Waals surface area contributed by atoms with Crippen molar-refractivity contribution in [1.29, 1.82) is 0 Å². The van der Waals surface area contributed by atoms with E-state index in [1.54, 1.807) is 0 Å². The lowest BCUT2D eigenvalue weighted by Crippen LogP contribution is -2.60. The third-order valence-corrected chi connectivity index (χ3v) is 2.78. The summed E-state index contributed by atoms with van der Waals surface area (Å²) in [4.78, 5) is 11.0. The molecule has 0 spiro atoms. The van der Waals surface area contributed by atoms with Gasteiger partial charge >= 0.3 is 0 Å². The van der Waals surface area contributed by atoms with Crippen LogP contribution in [0.5, 0.6) is 0 Å². The first-order valence-corrected chi connectivity index (χ1v) is 5.51. The monoisotopic (exact) mass is 249 g/mol. The van der Waals surface area contributed by atoms with Crippen LogP contribution in [0.15, 0.2) is 0 Å². The molecule has 1 fully saturated rings. The van der Waals surface area contributed by atoms with Gasteiger partial charge < -0.3 is 30.5 Å². The number of nitrogens with one attached hydrogen (secondary N) is 1. The van der Waals surface area contributed by atoms with E-state index in [1.165, 1.54) is 6.92 Å². The van der Waals surface area contributed by atoms with E-state index in [1.807, 2.05) is 0 Å². The highest BCUT2D eigenvalue weighted by molar-refractivity contribution is 5.73. The Balaban J connectivity index is 2.74. The molecule has 5 atom stereocenters. The van der Waals surface area contributed by atoms with Gasteiger partial charge in [-0.1, -0.05) is 0 Å². The van der Waals surface area contributed by atoms with Crippen molar-refractivity contribution in [3.63, 3.8) is 0 Å². The van der Waals surface area contributed by atoms with Gasteiger partial charge in [0, 0.05) is 13.5 Å². The lowest BCUT2D eigenvalue weighted by Gasteiger charge is -2.39. The summed E-state index contributed by atoms with van der Waals surface area (Å²) in [6.07, 6.45) is -4.19. The maximum absolute atomic E-state index is 11.0. The van der Waals surface area contributed by atoms with E-state index in [4.69, 9.17) is 9.84 Å². The van der Waals surface area contributed by atoms with Gasteiger partial charge in [-0.3, -0.25) is 4.79 Å². The first-order valence-electron chi connectivity index (χ1n) is 5.51. The molecule has 7 heteroatoms. The zero-order valence-corrected chi connectivity index (χ0v) is 9.61. The topological polar surface area (TPSA) is 119 Å². The van der Waals surface area contributed by atoms with Crippen LogP contribution >= 0.6 is 0 Å². The van der Waals surface area contributed by atoms with Gasteiger partial charge in [-0.2, -0.15) is 0 Å². The highest BCUT2D eigenvalue weighted by Crippen LogP contribution is 2.19. The summed E-state index contributed by atoms with van der Waals surface area (Å²) in [5.41, 5.74) is 0. The first-order chi connectivity index (χ1) is 7.97. The predicted molar refractivity (Wildman–Crippen MR) is 57.1 cm³/mol. The summed E-state index contributed by atoms with van der Waals surface area (Å²) in [5.74, 6) is -0.366. The van der Waals surface area contributed by atoms with Gasteiger partial charge in [-0.15, -0.1) is 0 Å². The SMILES string of the molecule is CC(=O)N[C@H]1[C@H]([C@H](O)[C@H](O)CO)OCC[C@@H]1O. The quantitative estimate of drug-likeness (QED) is 0.371. The summed E-state index contributed by atoms with van der Waals surface area (Å²) < 4.78 is 5.25. The predicted octanol–water partition coefficient (Wildman–Crippen LogP) is -2.64. The minimum atomic E-state index is -1.37. The summed E-state index contributed by atoms with van der Waals surface area (Å²) in [5, 5.41) is 40.1. The van der Waals surface area contributed by atoms with Crippen molar-refractivity contribution < 1.29 is 30.0 Å². The molecule has 100 valence electrons. The molecule has 0 saturated carbocycles. The van der Waals surface area contributed by atoms with Crippen LogP contribution in [0, 0.1) is 0 Å². The number of carbonyl (C=O) groups excluding carboxylic acids is 1. The van der Waals surface area contributed by atoms with E-state index in [9.17, 15) is 20.1 Å². The average Bonchev–Trinajstić information content (AvgIpc) is 2.29. The Kier molecular flexibility index (Phi) is 5.29. The molecule has 0 aromatic carbocycles. The minimum absolute atomic E-state index is 0.219. The van der Waals surface area contributed by atoms with Gasteiger partial charge in [0.2, 0.25) is 5.91 Å². The molecule has 7 nitrogen and oxygen atoms in total. The van der Waals surface area contributed by atoms with Gasteiger partial charge in [-0.05, 0) is 6.42 Å². The summed E-state index contributed by atoms with van der Waals surface area (Å²) in [7, 11) is 0. The molecule has 0 unspecified atom stereocenters. The Bertz CT molecular complexity index is 261. The van der Waals surface area contributed by atoms with E-state index in [-0.39, 0.29) is 12.5 Å². The second-order valence-corrected chi connectivity index (χ2v) is 4.16. The van der Waals surface area contributed by atoms with Crippen molar-refractivity contribution in [2.45, 2.75) is 43.8 Å². The molecule has 0 aliphatic carbocycles. The van der Waals surface area contributed by atoms with E-state index < -0.39 is 37.1 Å². The normalized spacial score (nSPS) is 32.9. The number of rotatable bonds is 4. The van der Waals surface area contributed by atoms with E-state index >= 15 is 0 Å². The van der Waals surface area contributed by atoms with Gasteiger partial charge in [0.05, 0.1) is 18.8 Å². The highest BCUT2D eigenvalue weighted by atomic mass is 16.5. The second-order valence-electron chi connectivity index (χ2n) is 4.16. The average molecular weight is 249 g/mol. The summed E-state index contributed by atoms with van der Waals surface area (Å²) in [6, 6.07) is -0.794. The molecule has 0 bridgehead atoms. The number of hydrogen-bond acceptors (Lipinski definition) is 6. The Labute approximate surface area is 99.0 Å². The van der Waals surface area contributed by atoms with Crippen LogP contribution in [-0.4, -0.2) is 70.0 Å². The third-order valence-electron chi connectivity index (χ3n) is 2.78. The Hall–Kier alpha value is -0.730. The van der Waals surface area contributed by atoms with E-state index in [0.29, 0.717) is 6.42 Å². The Morgan fingerprint density at radius 3 is 2.71 bits per heavy atom. The number of ether oxygens (including phenoxy) is 1. The fraction of sp³-hybridized carbons (Fsp3) is 0.900. The standard InChI is InChI=1S/C10H19NO6/c1-5(13)11-8-6(14)2-3-17-10(8)9(16)7(15)4-12/h6-10,12,14-16H,2-4H2,1H3,(H,11,13)/t6-,7+,8+,9+,10+/m0/s1. The number of amides is 1. The zero-order chi connectivity index (χ0) is 13.0. The molecule has 17 heavy (non-hydrogen) atoms. The van der Waals surface area contributed by atoms with Crippen LogP contribution in [0.25, 0.3) is 0 Å². The fourth-order valence-corrected chi connectivity index (χ4v) is 1.88. The Morgan fingerprint density at radius 2 is 2.18 bits per heavy atom.